The van der Waals surface area contributed by atoms with E-state index in [1.807, 2.05) is 84.9 Å². The molecule has 0 aliphatic heterocycles. The fourth-order valence-electron chi connectivity index (χ4n) is 3.32. The summed E-state index contributed by atoms with van der Waals surface area (Å²) >= 11 is 0. The van der Waals surface area contributed by atoms with Gasteiger partial charge in [-0.05, 0) is 24.3 Å². The predicted molar refractivity (Wildman–Crippen MR) is 125 cm³/mol. The maximum Gasteiger partial charge on any atom is 0.492 e. The van der Waals surface area contributed by atoms with Gasteiger partial charge in [-0.15, -0.1) is 0 Å². The lowest BCUT2D eigenvalue weighted by Crippen LogP contribution is -2.59. The van der Waals surface area contributed by atoms with Crippen molar-refractivity contribution in [3.05, 3.63) is 84.9 Å². The molecule has 0 bridgehead atoms. The van der Waals surface area contributed by atoms with Crippen molar-refractivity contribution in [2.75, 3.05) is 38.4 Å². The molecule has 0 unspecified atom stereocenters. The van der Waals surface area contributed by atoms with Gasteiger partial charge >= 0.3 is 17.4 Å². The molecule has 30 heavy (non-hydrogen) atoms. The second kappa shape index (κ2) is 10.0. The van der Waals surface area contributed by atoms with Crippen LogP contribution in [0.1, 0.15) is 0 Å². The summed E-state index contributed by atoms with van der Waals surface area (Å²) < 4.78 is 23.3. The Balaban J connectivity index is 1.82. The third-order valence-corrected chi connectivity index (χ3v) is 10.7. The van der Waals surface area contributed by atoms with Crippen molar-refractivity contribution in [1.29, 1.82) is 0 Å². The number of rotatable bonds is 10. The lowest BCUT2D eigenvalue weighted by Gasteiger charge is -2.30. The molecule has 6 nitrogen and oxygen atoms in total. The average Bonchev–Trinajstić information content (AvgIpc) is 2.83. The molecular formula is C22H28N2O4Si2. The van der Waals surface area contributed by atoms with Crippen LogP contribution in [0.4, 0.5) is 11.4 Å². The van der Waals surface area contributed by atoms with Crippen molar-refractivity contribution < 1.29 is 17.7 Å². The molecule has 0 saturated heterocycles. The van der Waals surface area contributed by atoms with Gasteiger partial charge < -0.3 is 27.7 Å². The van der Waals surface area contributed by atoms with Crippen molar-refractivity contribution >= 4 is 39.2 Å². The summed E-state index contributed by atoms with van der Waals surface area (Å²) in [6, 6.07) is 27.9. The molecule has 3 rings (SSSR count). The first kappa shape index (κ1) is 22.2. The largest absolute Gasteiger partial charge is 0.492 e. The highest BCUT2D eigenvalue weighted by atomic mass is 28.4. The normalized spacial score (nSPS) is 11.9. The Bertz CT molecular complexity index is 827. The summed E-state index contributed by atoms with van der Waals surface area (Å²) in [6.07, 6.45) is 0. The summed E-state index contributed by atoms with van der Waals surface area (Å²) in [7, 11) is 1.07. The summed E-state index contributed by atoms with van der Waals surface area (Å²) in [5.41, 5.74) is 1.81. The van der Waals surface area contributed by atoms with Gasteiger partial charge in [-0.2, -0.15) is 0 Å². The SMILES string of the molecule is CO[Si](Nc1ccc(N[Si](OC)(OC)c2ccccc2)cc1)(OC)c1ccccc1. The summed E-state index contributed by atoms with van der Waals surface area (Å²) in [5.74, 6) is 0. The zero-order chi connectivity index (χ0) is 21.5. The third kappa shape index (κ3) is 4.64. The molecule has 158 valence electrons. The molecule has 0 heterocycles. The Morgan fingerprint density at radius 3 is 1.03 bits per heavy atom. The first-order valence-corrected chi connectivity index (χ1v) is 13.2. The van der Waals surface area contributed by atoms with Gasteiger partial charge in [0.1, 0.15) is 0 Å². The van der Waals surface area contributed by atoms with Crippen LogP contribution in [0, 0.1) is 0 Å². The number of hydrogen-bond acceptors (Lipinski definition) is 6. The van der Waals surface area contributed by atoms with Crippen LogP contribution in [0.5, 0.6) is 0 Å². The molecule has 0 amide bonds. The van der Waals surface area contributed by atoms with Crippen LogP contribution in [0.25, 0.3) is 0 Å². The first-order chi connectivity index (χ1) is 14.6. The van der Waals surface area contributed by atoms with E-state index in [9.17, 15) is 0 Å². The summed E-state index contributed by atoms with van der Waals surface area (Å²) in [6.45, 7) is 0. The Morgan fingerprint density at radius 2 is 0.767 bits per heavy atom. The molecule has 0 radical (unpaired) electrons. The molecule has 0 atom stereocenters. The van der Waals surface area contributed by atoms with Crippen LogP contribution in [-0.2, 0) is 17.7 Å². The van der Waals surface area contributed by atoms with Crippen molar-refractivity contribution in [2.24, 2.45) is 0 Å². The van der Waals surface area contributed by atoms with Gasteiger partial charge in [0.05, 0.1) is 0 Å². The van der Waals surface area contributed by atoms with E-state index >= 15 is 0 Å². The van der Waals surface area contributed by atoms with Gasteiger partial charge in [-0.1, -0.05) is 60.7 Å². The monoisotopic (exact) mass is 440 g/mol. The summed E-state index contributed by atoms with van der Waals surface area (Å²) in [4.78, 5) is 6.95. The van der Waals surface area contributed by atoms with E-state index in [1.54, 1.807) is 28.4 Å². The minimum atomic E-state index is -2.80. The number of hydrogen-bond donors (Lipinski definition) is 2. The highest BCUT2D eigenvalue weighted by Gasteiger charge is 2.41. The molecule has 8 heteroatoms. The lowest BCUT2D eigenvalue weighted by atomic mass is 10.3. The smallest absolute Gasteiger partial charge is 0.378 e. The predicted octanol–water partition coefficient (Wildman–Crippen LogP) is 2.79. The van der Waals surface area contributed by atoms with Crippen LogP contribution >= 0.6 is 0 Å². The van der Waals surface area contributed by atoms with Crippen LogP contribution in [-0.4, -0.2) is 45.9 Å². The topological polar surface area (TPSA) is 61.0 Å². The zero-order valence-corrected chi connectivity index (χ0v) is 19.7. The van der Waals surface area contributed by atoms with E-state index in [-0.39, 0.29) is 0 Å². The fraction of sp³-hybridized carbons (Fsp3) is 0.182. The van der Waals surface area contributed by atoms with Crippen LogP contribution in [0.3, 0.4) is 0 Å². The molecule has 0 spiro atoms. The maximum atomic E-state index is 5.84. The highest BCUT2D eigenvalue weighted by molar-refractivity contribution is 6.84. The van der Waals surface area contributed by atoms with Crippen molar-refractivity contribution in [2.45, 2.75) is 0 Å². The quantitative estimate of drug-likeness (QED) is 0.473. The molecule has 0 aliphatic carbocycles. The van der Waals surface area contributed by atoms with E-state index in [0.29, 0.717) is 0 Å². The number of nitrogens with one attached hydrogen (secondary N) is 2. The number of anilines is 2. The lowest BCUT2D eigenvalue weighted by molar-refractivity contribution is 0.265. The van der Waals surface area contributed by atoms with Gasteiger partial charge in [-0.3, -0.25) is 0 Å². The van der Waals surface area contributed by atoms with Crippen LogP contribution in [0.2, 0.25) is 0 Å². The van der Waals surface area contributed by atoms with Gasteiger partial charge in [0.15, 0.2) is 0 Å². The van der Waals surface area contributed by atoms with Gasteiger partial charge in [0.2, 0.25) is 0 Å². The first-order valence-electron chi connectivity index (χ1n) is 9.59. The van der Waals surface area contributed by atoms with E-state index in [1.165, 1.54) is 0 Å². The molecule has 0 aromatic heterocycles. The van der Waals surface area contributed by atoms with Gasteiger partial charge in [0.25, 0.3) is 0 Å². The van der Waals surface area contributed by atoms with Gasteiger partial charge in [-0.25, -0.2) is 0 Å². The van der Waals surface area contributed by atoms with Crippen LogP contribution < -0.4 is 20.3 Å². The minimum absolute atomic E-state index is 0.904. The molecular weight excluding hydrogens is 412 g/mol. The zero-order valence-electron chi connectivity index (χ0n) is 17.7. The van der Waals surface area contributed by atoms with Gasteiger partial charge in [0, 0.05) is 50.2 Å². The molecule has 0 saturated carbocycles. The van der Waals surface area contributed by atoms with E-state index < -0.39 is 17.4 Å². The summed E-state index contributed by atoms with van der Waals surface area (Å²) in [5, 5.41) is 2.01. The van der Waals surface area contributed by atoms with Crippen LogP contribution in [0.15, 0.2) is 84.9 Å². The number of benzene rings is 3. The van der Waals surface area contributed by atoms with E-state index in [4.69, 9.17) is 17.7 Å². The minimum Gasteiger partial charge on any atom is -0.378 e. The van der Waals surface area contributed by atoms with Crippen molar-refractivity contribution in [3.8, 4) is 0 Å². The Hall–Kier alpha value is -2.47. The van der Waals surface area contributed by atoms with Crippen molar-refractivity contribution in [3.63, 3.8) is 0 Å². The second-order valence-corrected chi connectivity index (χ2v) is 12.4. The molecule has 2 N–H and O–H groups in total. The van der Waals surface area contributed by atoms with Crippen molar-refractivity contribution in [1.82, 2.24) is 0 Å². The molecule has 3 aromatic carbocycles. The second-order valence-electron chi connectivity index (χ2n) is 6.61. The fourth-order valence-corrected chi connectivity index (χ4v) is 7.65. The third-order valence-electron chi connectivity index (χ3n) is 4.96. The Labute approximate surface area is 180 Å². The standard InChI is InChI=1S/C22H28N2O4Si2/c1-25-29(26-2,21-11-7-5-8-12-21)23-19-15-17-20(18-16-19)24-30(27-3,28-4)22-13-9-6-10-14-22/h5-18,23-24H,1-4H3. The Morgan fingerprint density at radius 1 is 0.467 bits per heavy atom. The van der Waals surface area contributed by atoms with E-state index in [2.05, 4.69) is 9.96 Å². The average molecular weight is 441 g/mol. The maximum absolute atomic E-state index is 5.84. The highest BCUT2D eigenvalue weighted by Crippen LogP contribution is 2.20. The molecule has 0 aliphatic rings. The van der Waals surface area contributed by atoms with E-state index in [0.717, 1.165) is 21.7 Å². The molecule has 0 fully saturated rings. The Kier molecular flexibility index (Phi) is 7.43. The molecule has 3 aromatic rings.